The smallest absolute Gasteiger partial charge is 0.0928 e. The van der Waals surface area contributed by atoms with E-state index in [0.29, 0.717) is 0 Å². The summed E-state index contributed by atoms with van der Waals surface area (Å²) in [4.78, 5) is 15.4. The molecule has 0 aliphatic carbocycles. The average molecular weight is 476 g/mol. The Balaban J connectivity index is 1.93. The topological polar surface area (TPSA) is 37.6 Å². The molecule has 0 fully saturated rings. The molecule has 0 aliphatic heterocycles. The van der Waals surface area contributed by atoms with Crippen LogP contribution in [0.2, 0.25) is 0 Å². The van der Waals surface area contributed by atoms with Gasteiger partial charge in [-0.15, -0.1) is 0 Å². The van der Waals surface area contributed by atoms with Crippen LogP contribution >= 0.6 is 0 Å². The van der Waals surface area contributed by atoms with Gasteiger partial charge >= 0.3 is 0 Å². The molecule has 0 unspecified atom stereocenters. The lowest BCUT2D eigenvalue weighted by Crippen LogP contribution is -2.07. The molecule has 1 heterocycles. The van der Waals surface area contributed by atoms with Gasteiger partial charge in [0.25, 0.3) is 0 Å². The molecule has 0 radical (unpaired) electrons. The van der Waals surface area contributed by atoms with Crippen molar-refractivity contribution in [1.82, 2.24) is 4.98 Å². The molecule has 0 saturated heterocycles. The largest absolute Gasteiger partial charge is 0.251 e. The van der Waals surface area contributed by atoms with Crippen molar-refractivity contribution in [3.8, 4) is 0 Å². The molecule has 0 atom stereocenters. The number of fused-ring (bicyclic) bond motifs is 1. The average Bonchev–Trinajstić information content (AvgIpc) is 2.85. The maximum absolute atomic E-state index is 5.15. The van der Waals surface area contributed by atoms with Crippen LogP contribution in [0.3, 0.4) is 0 Å². The molecule has 36 heavy (non-hydrogen) atoms. The fourth-order valence-corrected chi connectivity index (χ4v) is 4.83. The minimum atomic E-state index is 0.880. The maximum atomic E-state index is 5.15. The highest BCUT2D eigenvalue weighted by molar-refractivity contribution is 6.11. The minimum absolute atomic E-state index is 0.880. The normalized spacial score (nSPS) is 12.5. The van der Waals surface area contributed by atoms with Gasteiger partial charge < -0.3 is 0 Å². The van der Waals surface area contributed by atoms with Gasteiger partial charge in [-0.25, -0.2) is 4.98 Å². The summed E-state index contributed by atoms with van der Waals surface area (Å²) in [6, 6.07) is 15.0. The lowest BCUT2D eigenvalue weighted by molar-refractivity contribution is 1.20. The van der Waals surface area contributed by atoms with E-state index in [4.69, 9.17) is 15.0 Å². The highest BCUT2D eigenvalue weighted by Crippen LogP contribution is 2.32. The molecule has 4 rings (SSSR count). The van der Waals surface area contributed by atoms with E-state index in [-0.39, 0.29) is 0 Å². The summed E-state index contributed by atoms with van der Waals surface area (Å²) in [6.45, 7) is 21.3. The van der Waals surface area contributed by atoms with Crippen LogP contribution in [0.15, 0.2) is 52.4 Å². The van der Waals surface area contributed by atoms with Crippen molar-refractivity contribution in [1.29, 1.82) is 0 Å². The Morgan fingerprint density at radius 3 is 1.53 bits per heavy atom. The van der Waals surface area contributed by atoms with E-state index in [1.54, 1.807) is 0 Å². The molecule has 0 aliphatic rings. The predicted molar refractivity (Wildman–Crippen MR) is 156 cm³/mol. The molecule has 184 valence electrons. The third-order valence-electron chi connectivity index (χ3n) is 7.67. The highest BCUT2D eigenvalue weighted by Gasteiger charge is 2.15. The van der Waals surface area contributed by atoms with E-state index in [0.717, 1.165) is 45.0 Å². The van der Waals surface area contributed by atoms with Crippen LogP contribution in [0.4, 0.5) is 11.4 Å². The summed E-state index contributed by atoms with van der Waals surface area (Å²) in [7, 11) is 0. The zero-order valence-electron chi connectivity index (χ0n) is 23.4. The van der Waals surface area contributed by atoms with Crippen molar-refractivity contribution in [3.63, 3.8) is 0 Å². The first-order valence-corrected chi connectivity index (χ1v) is 12.7. The van der Waals surface area contributed by atoms with E-state index >= 15 is 0 Å². The first kappa shape index (κ1) is 25.5. The van der Waals surface area contributed by atoms with Crippen molar-refractivity contribution in [3.05, 3.63) is 98.4 Å². The number of nitrogens with zero attached hydrogens (tertiary/aromatic N) is 3. The van der Waals surface area contributed by atoms with Crippen LogP contribution in [0, 0.1) is 55.4 Å². The molecule has 0 saturated carbocycles. The summed E-state index contributed by atoms with van der Waals surface area (Å²) in [5.74, 6) is 0. The molecular weight excluding hydrogens is 438 g/mol. The van der Waals surface area contributed by atoms with Gasteiger partial charge in [0.1, 0.15) is 0 Å². The molecule has 3 aromatic carbocycles. The van der Waals surface area contributed by atoms with Crippen LogP contribution in [0.5, 0.6) is 0 Å². The first-order chi connectivity index (χ1) is 17.0. The number of aromatic nitrogens is 1. The second-order valence-corrected chi connectivity index (χ2v) is 10.2. The first-order valence-electron chi connectivity index (χ1n) is 12.7. The third kappa shape index (κ3) is 4.63. The summed E-state index contributed by atoms with van der Waals surface area (Å²) in [6.07, 6.45) is 0. The van der Waals surface area contributed by atoms with Gasteiger partial charge in [-0.2, -0.15) is 0 Å². The third-order valence-corrected chi connectivity index (χ3v) is 7.67. The van der Waals surface area contributed by atoms with Gasteiger partial charge in [0.2, 0.25) is 0 Å². The zero-order chi connectivity index (χ0) is 26.3. The standard InChI is InChI=1S/C33H37N3/c1-18-15-19(2)23(6)31(22(18)5)34-26(9)30-17-28-13-11-12-14-29(28)33(36-30)27(10)35-32-24(7)20(3)16-21(4)25(32)8/h11-17H,1-10H3/b34-26+,35-27+. The van der Waals surface area contributed by atoms with Gasteiger partial charge in [-0.05, 0) is 125 Å². The Bertz CT molecular complexity index is 1520. The van der Waals surface area contributed by atoms with E-state index in [2.05, 4.69) is 112 Å². The summed E-state index contributed by atoms with van der Waals surface area (Å²) < 4.78 is 0. The molecule has 4 aromatic rings. The quantitative estimate of drug-likeness (QED) is 0.271. The number of benzene rings is 3. The summed E-state index contributed by atoms with van der Waals surface area (Å²) >= 11 is 0. The van der Waals surface area contributed by atoms with Gasteiger partial charge in [0, 0.05) is 5.39 Å². The molecule has 0 amide bonds. The molecule has 0 N–H and O–H groups in total. The number of aryl methyl sites for hydroxylation is 4. The van der Waals surface area contributed by atoms with Crippen molar-refractivity contribution in [2.75, 3.05) is 0 Å². The van der Waals surface area contributed by atoms with Crippen molar-refractivity contribution in [2.24, 2.45) is 9.98 Å². The second kappa shape index (κ2) is 9.81. The second-order valence-electron chi connectivity index (χ2n) is 10.2. The molecule has 3 heteroatoms. The van der Waals surface area contributed by atoms with Crippen LogP contribution in [0.25, 0.3) is 10.8 Å². The predicted octanol–water partition coefficient (Wildman–Crippen LogP) is 8.98. The Hall–Kier alpha value is -3.59. The summed E-state index contributed by atoms with van der Waals surface area (Å²) in [5, 5.41) is 2.25. The van der Waals surface area contributed by atoms with Crippen LogP contribution < -0.4 is 0 Å². The number of hydrogen-bond acceptors (Lipinski definition) is 3. The molecule has 0 spiro atoms. The number of rotatable bonds is 4. The lowest BCUT2D eigenvalue weighted by Gasteiger charge is -2.15. The maximum Gasteiger partial charge on any atom is 0.0928 e. The van der Waals surface area contributed by atoms with Crippen molar-refractivity contribution >= 4 is 33.6 Å². The van der Waals surface area contributed by atoms with Gasteiger partial charge in [0.05, 0.1) is 34.2 Å². The van der Waals surface area contributed by atoms with E-state index in [1.807, 2.05) is 0 Å². The Kier molecular flexibility index (Phi) is 6.95. The molecule has 0 bridgehead atoms. The minimum Gasteiger partial charge on any atom is -0.251 e. The fraction of sp³-hybridized carbons (Fsp3) is 0.303. The Labute approximate surface area is 216 Å². The van der Waals surface area contributed by atoms with Crippen molar-refractivity contribution < 1.29 is 0 Å². The highest BCUT2D eigenvalue weighted by atomic mass is 14.8. The fourth-order valence-electron chi connectivity index (χ4n) is 4.83. The molecular formula is C33H37N3. The van der Waals surface area contributed by atoms with Crippen LogP contribution in [-0.4, -0.2) is 16.4 Å². The van der Waals surface area contributed by atoms with Crippen LogP contribution in [0.1, 0.15) is 69.7 Å². The molecule has 3 nitrogen and oxygen atoms in total. The SMILES string of the molecule is C/C(=N\c1c(C)c(C)cc(C)c1C)c1cc2ccccc2c(/C(C)=N/c2c(C)c(C)cc(C)c2C)n1. The summed E-state index contributed by atoms with van der Waals surface area (Å²) in [5.41, 5.74) is 15.6. The van der Waals surface area contributed by atoms with E-state index in [1.165, 1.54) is 44.5 Å². The van der Waals surface area contributed by atoms with Gasteiger partial charge in [-0.3, -0.25) is 9.98 Å². The van der Waals surface area contributed by atoms with Crippen molar-refractivity contribution in [2.45, 2.75) is 69.2 Å². The lowest BCUT2D eigenvalue weighted by atomic mass is 9.98. The van der Waals surface area contributed by atoms with Gasteiger partial charge in [0.15, 0.2) is 0 Å². The van der Waals surface area contributed by atoms with Crippen LogP contribution in [-0.2, 0) is 0 Å². The molecule has 1 aromatic heterocycles. The zero-order valence-corrected chi connectivity index (χ0v) is 23.4. The Morgan fingerprint density at radius 2 is 1.03 bits per heavy atom. The number of pyridine rings is 1. The number of hydrogen-bond donors (Lipinski definition) is 0. The van der Waals surface area contributed by atoms with E-state index in [9.17, 15) is 0 Å². The number of aliphatic imine (C=N–C) groups is 2. The van der Waals surface area contributed by atoms with E-state index < -0.39 is 0 Å². The van der Waals surface area contributed by atoms with Gasteiger partial charge in [-0.1, -0.05) is 36.4 Å². The Morgan fingerprint density at radius 1 is 0.583 bits per heavy atom. The monoisotopic (exact) mass is 475 g/mol.